The van der Waals surface area contributed by atoms with E-state index in [4.69, 9.17) is 9.47 Å². The number of esters is 1. The molecule has 0 saturated heterocycles. The van der Waals surface area contributed by atoms with Crippen LogP contribution in [0.3, 0.4) is 0 Å². The Balaban J connectivity index is 1.46. The van der Waals surface area contributed by atoms with Crippen LogP contribution in [0.25, 0.3) is 0 Å². The minimum absolute atomic E-state index is 0.105. The summed E-state index contributed by atoms with van der Waals surface area (Å²) in [5.41, 5.74) is 3.91. The number of carbonyl (C=O) groups is 2. The van der Waals surface area contributed by atoms with Crippen molar-refractivity contribution >= 4 is 34.5 Å². The van der Waals surface area contributed by atoms with Crippen molar-refractivity contribution in [1.29, 1.82) is 0 Å². The van der Waals surface area contributed by atoms with Crippen LogP contribution in [0, 0.1) is 6.92 Å². The van der Waals surface area contributed by atoms with Gasteiger partial charge in [-0.25, -0.2) is 9.79 Å². The highest BCUT2D eigenvalue weighted by Gasteiger charge is 2.37. The molecule has 0 radical (unpaired) electrons. The number of hydrogen-bond donors (Lipinski definition) is 1. The third-order valence-electron chi connectivity index (χ3n) is 5.22. The molecular formula is C25H25N3O4S. The quantitative estimate of drug-likeness (QED) is 0.595. The van der Waals surface area contributed by atoms with Crippen LogP contribution in [0.4, 0.5) is 5.69 Å². The van der Waals surface area contributed by atoms with Gasteiger partial charge in [0.15, 0.2) is 11.8 Å². The second-order valence-corrected chi connectivity index (χ2v) is 8.47. The number of benzene rings is 2. The number of allylic oxidation sites excluding steroid dienone is 1. The maximum atomic E-state index is 12.7. The molecule has 0 fully saturated rings. The molecule has 2 heterocycles. The lowest BCUT2D eigenvalue weighted by atomic mass is 9.95. The molecule has 4 rings (SSSR count). The number of hydrogen-bond acceptors (Lipinski definition) is 7. The standard InChI is InChI=1S/C25H25N3O4S/c1-4-31-24(30)22-17(3)26-25-28(13-14-33-25)23(22)18-7-11-20(12-8-18)32-15-21(29)27-19-9-5-16(2)6-10-19/h5-14,23H,4,15H2,1-3H3,(H,27,29). The lowest BCUT2D eigenvalue weighted by Crippen LogP contribution is -2.34. The first kappa shape index (κ1) is 22.7. The normalized spacial score (nSPS) is 16.9. The molecule has 0 bridgehead atoms. The summed E-state index contributed by atoms with van der Waals surface area (Å²) >= 11 is 1.51. The number of nitrogens with zero attached hydrogens (tertiary/aromatic N) is 2. The zero-order valence-electron chi connectivity index (χ0n) is 18.7. The number of ether oxygens (including phenoxy) is 2. The van der Waals surface area contributed by atoms with E-state index in [1.165, 1.54) is 11.8 Å². The van der Waals surface area contributed by atoms with Gasteiger partial charge in [0.25, 0.3) is 5.91 Å². The van der Waals surface area contributed by atoms with Crippen molar-refractivity contribution in [1.82, 2.24) is 4.90 Å². The van der Waals surface area contributed by atoms with Gasteiger partial charge in [0.1, 0.15) is 5.75 Å². The van der Waals surface area contributed by atoms with Gasteiger partial charge in [0.05, 0.1) is 23.9 Å². The molecule has 170 valence electrons. The number of amidine groups is 1. The molecule has 8 heteroatoms. The summed E-state index contributed by atoms with van der Waals surface area (Å²) in [7, 11) is 0. The largest absolute Gasteiger partial charge is 0.484 e. The monoisotopic (exact) mass is 463 g/mol. The molecule has 2 aromatic carbocycles. The molecule has 33 heavy (non-hydrogen) atoms. The molecule has 1 unspecified atom stereocenters. The fourth-order valence-electron chi connectivity index (χ4n) is 3.63. The van der Waals surface area contributed by atoms with E-state index in [0.717, 1.165) is 22.0 Å². The van der Waals surface area contributed by atoms with Gasteiger partial charge in [-0.2, -0.15) is 0 Å². The molecule has 0 saturated carbocycles. The van der Waals surface area contributed by atoms with E-state index in [2.05, 4.69) is 10.3 Å². The van der Waals surface area contributed by atoms with Gasteiger partial charge in [0.2, 0.25) is 0 Å². The number of anilines is 1. The van der Waals surface area contributed by atoms with Crippen molar-refractivity contribution in [3.63, 3.8) is 0 Å². The molecule has 2 aliphatic rings. The van der Waals surface area contributed by atoms with Gasteiger partial charge in [-0.3, -0.25) is 4.79 Å². The maximum absolute atomic E-state index is 12.7. The fourth-order valence-corrected chi connectivity index (χ4v) is 4.42. The van der Waals surface area contributed by atoms with Crippen LogP contribution in [0.5, 0.6) is 5.75 Å². The van der Waals surface area contributed by atoms with Crippen LogP contribution in [-0.2, 0) is 14.3 Å². The summed E-state index contributed by atoms with van der Waals surface area (Å²) in [6.07, 6.45) is 1.92. The van der Waals surface area contributed by atoms with E-state index < -0.39 is 0 Å². The Morgan fingerprint density at radius 1 is 1.09 bits per heavy atom. The molecule has 1 atom stereocenters. The van der Waals surface area contributed by atoms with E-state index in [-0.39, 0.29) is 24.5 Å². The van der Waals surface area contributed by atoms with E-state index in [0.29, 0.717) is 23.6 Å². The molecular weight excluding hydrogens is 438 g/mol. The molecule has 1 N–H and O–H groups in total. The molecule has 2 aromatic rings. The third-order valence-corrected chi connectivity index (χ3v) is 5.99. The van der Waals surface area contributed by atoms with E-state index in [9.17, 15) is 9.59 Å². The number of carbonyl (C=O) groups excluding carboxylic acids is 2. The number of aliphatic imine (C=N–C) groups is 1. The maximum Gasteiger partial charge on any atom is 0.338 e. The topological polar surface area (TPSA) is 80.2 Å². The summed E-state index contributed by atoms with van der Waals surface area (Å²) < 4.78 is 11.0. The highest BCUT2D eigenvalue weighted by atomic mass is 32.2. The van der Waals surface area contributed by atoms with E-state index >= 15 is 0 Å². The fraction of sp³-hybridized carbons (Fsp3) is 0.240. The summed E-state index contributed by atoms with van der Waals surface area (Å²) in [6.45, 7) is 5.79. The van der Waals surface area contributed by atoms with Crippen molar-refractivity contribution < 1.29 is 19.1 Å². The molecule has 1 amide bonds. The minimum atomic E-state index is -0.374. The van der Waals surface area contributed by atoms with Gasteiger partial charge in [0, 0.05) is 11.9 Å². The number of thioether (sulfide) groups is 1. The average molecular weight is 464 g/mol. The van der Waals surface area contributed by atoms with Crippen molar-refractivity contribution in [2.75, 3.05) is 18.5 Å². The lowest BCUT2D eigenvalue weighted by molar-refractivity contribution is -0.139. The zero-order chi connectivity index (χ0) is 23.4. The highest BCUT2D eigenvalue weighted by molar-refractivity contribution is 8.16. The van der Waals surface area contributed by atoms with Crippen LogP contribution in [-0.4, -0.2) is 35.2 Å². The third kappa shape index (κ3) is 5.12. The summed E-state index contributed by atoms with van der Waals surface area (Å²) in [4.78, 5) is 31.4. The van der Waals surface area contributed by atoms with Crippen LogP contribution in [0.2, 0.25) is 0 Å². The molecule has 0 spiro atoms. The minimum Gasteiger partial charge on any atom is -0.484 e. The smallest absolute Gasteiger partial charge is 0.338 e. The van der Waals surface area contributed by atoms with Gasteiger partial charge in [-0.05, 0) is 56.0 Å². The van der Waals surface area contributed by atoms with Crippen LogP contribution >= 0.6 is 11.8 Å². The SMILES string of the molecule is CCOC(=O)C1=C(C)N=C2SC=CN2C1c1ccc(OCC(=O)Nc2ccc(C)cc2)cc1. The van der Waals surface area contributed by atoms with Gasteiger partial charge in [-0.1, -0.05) is 41.6 Å². The highest BCUT2D eigenvalue weighted by Crippen LogP contribution is 2.41. The van der Waals surface area contributed by atoms with E-state index in [1.807, 2.05) is 66.8 Å². The number of fused-ring (bicyclic) bond motifs is 1. The Bertz CT molecular complexity index is 1140. The van der Waals surface area contributed by atoms with Gasteiger partial charge >= 0.3 is 5.97 Å². The van der Waals surface area contributed by atoms with Crippen molar-refractivity contribution in [3.8, 4) is 5.75 Å². The Morgan fingerprint density at radius 2 is 1.82 bits per heavy atom. The molecule has 0 aromatic heterocycles. The Morgan fingerprint density at radius 3 is 2.52 bits per heavy atom. The first-order valence-corrected chi connectivity index (χ1v) is 11.5. The zero-order valence-corrected chi connectivity index (χ0v) is 19.5. The van der Waals surface area contributed by atoms with Crippen molar-refractivity contribution in [3.05, 3.63) is 82.5 Å². The molecule has 7 nitrogen and oxygen atoms in total. The van der Waals surface area contributed by atoms with Crippen molar-refractivity contribution in [2.24, 2.45) is 4.99 Å². The number of aryl methyl sites for hydroxylation is 1. The lowest BCUT2D eigenvalue weighted by Gasteiger charge is -2.33. The first-order chi connectivity index (χ1) is 16.0. The predicted molar refractivity (Wildman–Crippen MR) is 130 cm³/mol. The average Bonchev–Trinajstić information content (AvgIpc) is 3.27. The summed E-state index contributed by atoms with van der Waals surface area (Å²) in [5.74, 6) is -0.0492. The van der Waals surface area contributed by atoms with Gasteiger partial charge < -0.3 is 19.7 Å². The van der Waals surface area contributed by atoms with Crippen LogP contribution in [0.1, 0.15) is 31.0 Å². The second-order valence-electron chi connectivity index (χ2n) is 7.60. The summed E-state index contributed by atoms with van der Waals surface area (Å²) in [6, 6.07) is 14.6. The Labute approximate surface area is 197 Å². The van der Waals surface area contributed by atoms with Crippen LogP contribution < -0.4 is 10.1 Å². The number of rotatable bonds is 7. The van der Waals surface area contributed by atoms with Gasteiger partial charge in [-0.15, -0.1) is 0 Å². The Hall–Kier alpha value is -3.52. The summed E-state index contributed by atoms with van der Waals surface area (Å²) in [5, 5.41) is 5.57. The molecule has 0 aliphatic carbocycles. The number of amides is 1. The first-order valence-electron chi connectivity index (χ1n) is 10.6. The van der Waals surface area contributed by atoms with Crippen molar-refractivity contribution in [2.45, 2.75) is 26.8 Å². The predicted octanol–water partition coefficient (Wildman–Crippen LogP) is 4.78. The van der Waals surface area contributed by atoms with Crippen LogP contribution in [0.15, 0.2) is 76.4 Å². The molecule has 2 aliphatic heterocycles. The van der Waals surface area contributed by atoms with E-state index in [1.54, 1.807) is 19.1 Å². The Kier molecular flexibility index (Phi) is 6.84. The number of nitrogens with one attached hydrogen (secondary N) is 1. The second kappa shape index (κ2) is 9.95.